The summed E-state index contributed by atoms with van der Waals surface area (Å²) in [6.07, 6.45) is 0. The summed E-state index contributed by atoms with van der Waals surface area (Å²) in [5, 5.41) is 17.2. The van der Waals surface area contributed by atoms with Gasteiger partial charge in [0.05, 0.1) is 11.1 Å². The Balaban J connectivity index is 0. The Bertz CT molecular complexity index is 468. The second-order valence-corrected chi connectivity index (χ2v) is 3.53. The number of aromatic carboxylic acids is 2. The maximum Gasteiger partial charge on any atom is 1.00 e. The number of hydrogen-bond donors (Lipinski definition) is 2. The van der Waals surface area contributed by atoms with Gasteiger partial charge in [-0.1, -0.05) is 17.0 Å². The van der Waals surface area contributed by atoms with Gasteiger partial charge in [-0.15, -0.1) is 0 Å². The van der Waals surface area contributed by atoms with Crippen molar-refractivity contribution in [2.24, 2.45) is 0 Å². The zero-order chi connectivity index (χ0) is 11.6. The third kappa shape index (κ3) is 4.58. The van der Waals surface area contributed by atoms with Gasteiger partial charge < -0.3 is 24.1 Å². The Morgan fingerprint density at radius 2 is 1.29 bits per heavy atom. The van der Waals surface area contributed by atoms with E-state index in [0.29, 0.717) is 0 Å². The van der Waals surface area contributed by atoms with Gasteiger partial charge in [-0.2, -0.15) is 0 Å². The second kappa shape index (κ2) is 7.08. The summed E-state index contributed by atoms with van der Waals surface area (Å²) in [6.45, 7) is 0. The summed E-state index contributed by atoms with van der Waals surface area (Å²) in [6, 6.07) is 2.66. The maximum absolute atomic E-state index is 10.6. The quantitative estimate of drug-likeness (QED) is 0.331. The first kappa shape index (κ1) is 18.0. The van der Waals surface area contributed by atoms with E-state index in [1.54, 1.807) is 0 Å². The van der Waals surface area contributed by atoms with Crippen LogP contribution in [0.3, 0.4) is 0 Å². The molecule has 1 aromatic rings. The average molecular weight is 255 g/mol. The van der Waals surface area contributed by atoms with Crippen LogP contribution in [0.4, 0.5) is 0 Å². The SMILES string of the molecule is O=C(O)c1cc(C(=O)O)cc([S-](=O)=O)c1.[Li+].[OH3+]. The van der Waals surface area contributed by atoms with Crippen molar-refractivity contribution in [2.75, 3.05) is 0 Å². The van der Waals surface area contributed by atoms with Crippen molar-refractivity contribution >= 4 is 22.6 Å². The number of carboxylic acids is 2. The minimum atomic E-state index is -2.66. The van der Waals surface area contributed by atoms with E-state index in [0.717, 1.165) is 18.2 Å². The molecule has 9 heteroatoms. The number of rotatable bonds is 3. The minimum absolute atomic E-state index is 0. The van der Waals surface area contributed by atoms with Crippen LogP contribution in [-0.2, 0) is 24.6 Å². The van der Waals surface area contributed by atoms with Crippen molar-refractivity contribution in [1.29, 1.82) is 0 Å². The fourth-order valence-electron chi connectivity index (χ4n) is 0.942. The Labute approximate surface area is 110 Å². The molecule has 0 atom stereocenters. The molecule has 0 saturated heterocycles. The molecule has 0 bridgehead atoms. The van der Waals surface area contributed by atoms with E-state index in [1.807, 2.05) is 0 Å². The molecule has 0 unspecified atom stereocenters. The van der Waals surface area contributed by atoms with Gasteiger partial charge in [0, 0.05) is 0 Å². The van der Waals surface area contributed by atoms with Gasteiger partial charge in [-0.3, -0.25) is 0 Å². The predicted octanol–water partition coefficient (Wildman–Crippen LogP) is -3.17. The van der Waals surface area contributed by atoms with E-state index >= 15 is 0 Å². The molecule has 0 saturated carbocycles. The molecular formula is C8H8LiO7S+. The van der Waals surface area contributed by atoms with Gasteiger partial charge >= 0.3 is 30.8 Å². The average Bonchev–Trinajstić information content (AvgIpc) is 2.16. The molecule has 88 valence electrons. The van der Waals surface area contributed by atoms with E-state index in [2.05, 4.69) is 0 Å². The summed E-state index contributed by atoms with van der Waals surface area (Å²) in [5.74, 6) is -2.77. The molecular weight excluding hydrogens is 247 g/mol. The number of benzene rings is 1. The molecule has 0 heterocycles. The van der Waals surface area contributed by atoms with Crippen molar-refractivity contribution in [3.05, 3.63) is 29.3 Å². The molecule has 0 amide bonds. The summed E-state index contributed by atoms with van der Waals surface area (Å²) >= 11 is 0. The molecule has 0 spiro atoms. The van der Waals surface area contributed by atoms with Crippen LogP contribution in [0.1, 0.15) is 20.7 Å². The molecule has 17 heavy (non-hydrogen) atoms. The monoisotopic (exact) mass is 255 g/mol. The molecule has 1 aromatic carbocycles. The van der Waals surface area contributed by atoms with Crippen molar-refractivity contribution < 1.29 is 52.6 Å². The Hall–Kier alpha value is -1.33. The van der Waals surface area contributed by atoms with E-state index in [9.17, 15) is 18.0 Å². The maximum atomic E-state index is 10.6. The molecule has 0 aliphatic rings. The van der Waals surface area contributed by atoms with Crippen LogP contribution in [0.25, 0.3) is 0 Å². The van der Waals surface area contributed by atoms with Crippen LogP contribution in [-0.4, -0.2) is 22.2 Å². The summed E-state index contributed by atoms with van der Waals surface area (Å²) < 4.78 is 21.1. The first-order chi connectivity index (χ1) is 6.91. The van der Waals surface area contributed by atoms with E-state index in [1.165, 1.54) is 0 Å². The molecule has 0 radical (unpaired) electrons. The number of hydrogen-bond acceptors (Lipinski definition) is 5. The van der Waals surface area contributed by atoms with Crippen LogP contribution >= 0.6 is 0 Å². The molecule has 0 fully saturated rings. The third-order valence-electron chi connectivity index (χ3n) is 1.59. The molecule has 7 nitrogen and oxygen atoms in total. The van der Waals surface area contributed by atoms with E-state index in [4.69, 9.17) is 10.2 Å². The fraction of sp³-hybridized carbons (Fsp3) is 0. The van der Waals surface area contributed by atoms with Gasteiger partial charge in [0.2, 0.25) is 0 Å². The van der Waals surface area contributed by atoms with Gasteiger partial charge in [0.1, 0.15) is 0 Å². The predicted molar refractivity (Wildman–Crippen MR) is 52.2 cm³/mol. The van der Waals surface area contributed by atoms with Crippen LogP contribution in [0.5, 0.6) is 0 Å². The van der Waals surface area contributed by atoms with Crippen LogP contribution < -0.4 is 18.9 Å². The van der Waals surface area contributed by atoms with E-state index < -0.39 is 22.6 Å². The summed E-state index contributed by atoms with van der Waals surface area (Å²) in [5.41, 5.74) is -0.761. The summed E-state index contributed by atoms with van der Waals surface area (Å²) in [4.78, 5) is 20.7. The first-order valence-corrected chi connectivity index (χ1v) is 4.70. The van der Waals surface area contributed by atoms with Gasteiger partial charge in [-0.05, 0) is 16.8 Å². The Morgan fingerprint density at radius 3 is 1.53 bits per heavy atom. The molecule has 0 aromatic heterocycles. The first-order valence-electron chi connectivity index (χ1n) is 3.62. The molecule has 0 aliphatic carbocycles. The third-order valence-corrected chi connectivity index (χ3v) is 2.21. The smallest absolute Gasteiger partial charge is 0.478 e. The zero-order valence-corrected chi connectivity index (χ0v) is 9.56. The van der Waals surface area contributed by atoms with Crippen molar-refractivity contribution in [3.8, 4) is 0 Å². The van der Waals surface area contributed by atoms with Crippen LogP contribution in [0.15, 0.2) is 23.1 Å². The van der Waals surface area contributed by atoms with Crippen LogP contribution in [0, 0.1) is 0 Å². The normalized spacial score (nSPS) is 9.00. The fourth-order valence-corrected chi connectivity index (χ4v) is 1.39. The Morgan fingerprint density at radius 1 is 0.941 bits per heavy atom. The van der Waals surface area contributed by atoms with E-state index in [-0.39, 0.29) is 40.4 Å². The van der Waals surface area contributed by atoms with Crippen molar-refractivity contribution in [3.63, 3.8) is 0 Å². The van der Waals surface area contributed by atoms with Gasteiger partial charge in [-0.25, -0.2) is 9.59 Å². The molecule has 0 aliphatic heterocycles. The summed E-state index contributed by atoms with van der Waals surface area (Å²) in [7, 11) is -2.66. The largest absolute Gasteiger partial charge is 1.00 e. The second-order valence-electron chi connectivity index (χ2n) is 2.59. The van der Waals surface area contributed by atoms with Crippen LogP contribution in [0.2, 0.25) is 0 Å². The zero-order valence-electron chi connectivity index (χ0n) is 8.75. The van der Waals surface area contributed by atoms with Gasteiger partial charge in [0.25, 0.3) is 0 Å². The molecule has 5 N–H and O–H groups in total. The molecule has 1 rings (SSSR count). The van der Waals surface area contributed by atoms with Crippen molar-refractivity contribution in [1.82, 2.24) is 0 Å². The standard InChI is InChI=1S/C8H5O6S.Li.H2O/c9-7(10)4-1-5(8(11)12)3-6(2-4)15(13)14;;/h1-3H,(H,9,10)(H,11,12);;1H2/q-1;+1;/p+1. The minimum Gasteiger partial charge on any atom is -0.478 e. The van der Waals surface area contributed by atoms with Crippen molar-refractivity contribution in [2.45, 2.75) is 4.90 Å². The Kier molecular flexibility index (Phi) is 7.52. The topological polar surface area (TPSA) is 142 Å². The van der Waals surface area contributed by atoms with Gasteiger partial charge in [0.15, 0.2) is 0 Å². The number of carbonyl (C=O) groups is 2. The number of carboxylic acid groups (broad SMARTS) is 2.